The van der Waals surface area contributed by atoms with Gasteiger partial charge in [0.1, 0.15) is 5.82 Å². The summed E-state index contributed by atoms with van der Waals surface area (Å²) in [5.41, 5.74) is 8.26. The third-order valence-electron chi connectivity index (χ3n) is 3.39. The second-order valence-electron chi connectivity index (χ2n) is 4.77. The van der Waals surface area contributed by atoms with Crippen LogP contribution in [0.3, 0.4) is 0 Å². The van der Waals surface area contributed by atoms with Crippen molar-refractivity contribution in [1.29, 1.82) is 0 Å². The molecule has 0 aliphatic heterocycles. The Kier molecular flexibility index (Phi) is 3.20. The number of nitrogens with two attached hydrogens (primary N) is 1. The van der Waals surface area contributed by atoms with Crippen LogP contribution >= 0.6 is 0 Å². The maximum atomic E-state index is 13.7. The maximum Gasteiger partial charge on any atom is 0.146 e. The maximum absolute atomic E-state index is 13.7. The van der Waals surface area contributed by atoms with Crippen LogP contribution in [0.2, 0.25) is 0 Å². The highest BCUT2D eigenvalue weighted by Crippen LogP contribution is 2.22. The molecule has 1 unspecified atom stereocenters. The van der Waals surface area contributed by atoms with Crippen LogP contribution in [-0.2, 0) is 13.5 Å². The summed E-state index contributed by atoms with van der Waals surface area (Å²) in [6, 6.07) is 10.3. The van der Waals surface area contributed by atoms with Gasteiger partial charge in [-0.1, -0.05) is 18.2 Å². The molecule has 102 valence electrons. The normalized spacial score (nSPS) is 12.8. The smallest absolute Gasteiger partial charge is 0.146 e. The second-order valence-corrected chi connectivity index (χ2v) is 4.77. The van der Waals surface area contributed by atoms with Crippen LogP contribution < -0.4 is 5.73 Å². The van der Waals surface area contributed by atoms with Gasteiger partial charge in [-0.15, -0.1) is 0 Å². The van der Waals surface area contributed by atoms with Gasteiger partial charge in [-0.25, -0.2) is 4.39 Å². The molecule has 3 rings (SSSR count). The Balaban J connectivity index is 1.96. The SMILES string of the molecule is Cn1nc(CC(N)c2ncccc2F)c2ccccc21. The number of aromatic nitrogens is 3. The molecule has 0 bridgehead atoms. The van der Waals surface area contributed by atoms with Gasteiger partial charge in [-0.2, -0.15) is 5.10 Å². The molecule has 0 fully saturated rings. The molecule has 2 heterocycles. The van der Waals surface area contributed by atoms with Gasteiger partial charge in [0.2, 0.25) is 0 Å². The first-order valence-electron chi connectivity index (χ1n) is 6.43. The zero-order valence-electron chi connectivity index (χ0n) is 11.1. The first-order valence-corrected chi connectivity index (χ1v) is 6.43. The largest absolute Gasteiger partial charge is 0.322 e. The van der Waals surface area contributed by atoms with Gasteiger partial charge in [-0.3, -0.25) is 9.67 Å². The first-order chi connectivity index (χ1) is 9.66. The van der Waals surface area contributed by atoms with Crippen molar-refractivity contribution in [2.75, 3.05) is 0 Å². The number of benzene rings is 1. The number of pyridine rings is 1. The van der Waals surface area contributed by atoms with Gasteiger partial charge in [-0.05, 0) is 18.2 Å². The minimum atomic E-state index is -0.505. The zero-order valence-corrected chi connectivity index (χ0v) is 11.1. The van der Waals surface area contributed by atoms with E-state index in [1.807, 2.05) is 36.0 Å². The van der Waals surface area contributed by atoms with Crippen molar-refractivity contribution in [3.8, 4) is 0 Å². The van der Waals surface area contributed by atoms with E-state index in [1.54, 1.807) is 12.3 Å². The lowest BCUT2D eigenvalue weighted by Gasteiger charge is -2.10. The van der Waals surface area contributed by atoms with Crippen molar-refractivity contribution in [3.63, 3.8) is 0 Å². The van der Waals surface area contributed by atoms with E-state index in [0.717, 1.165) is 16.6 Å². The van der Waals surface area contributed by atoms with Gasteiger partial charge in [0.25, 0.3) is 0 Å². The predicted molar refractivity (Wildman–Crippen MR) is 75.5 cm³/mol. The third-order valence-corrected chi connectivity index (χ3v) is 3.39. The molecule has 0 spiro atoms. The number of halogens is 1. The highest BCUT2D eigenvalue weighted by molar-refractivity contribution is 5.81. The molecule has 3 aromatic rings. The average molecular weight is 270 g/mol. The predicted octanol–water partition coefficient (Wildman–Crippen LogP) is 2.35. The fourth-order valence-electron chi connectivity index (χ4n) is 2.42. The summed E-state index contributed by atoms with van der Waals surface area (Å²) in [7, 11) is 1.89. The summed E-state index contributed by atoms with van der Waals surface area (Å²) < 4.78 is 15.5. The van der Waals surface area contributed by atoms with Crippen LogP contribution in [0.25, 0.3) is 10.9 Å². The van der Waals surface area contributed by atoms with Crippen LogP contribution in [0, 0.1) is 5.82 Å². The van der Waals surface area contributed by atoms with E-state index in [9.17, 15) is 4.39 Å². The first kappa shape index (κ1) is 12.7. The molecular weight excluding hydrogens is 255 g/mol. The van der Waals surface area contributed by atoms with Crippen molar-refractivity contribution in [2.45, 2.75) is 12.5 Å². The van der Waals surface area contributed by atoms with Crippen LogP contribution in [0.5, 0.6) is 0 Å². The van der Waals surface area contributed by atoms with Crippen molar-refractivity contribution in [1.82, 2.24) is 14.8 Å². The molecule has 0 saturated heterocycles. The van der Waals surface area contributed by atoms with Gasteiger partial charge in [0.05, 0.1) is 22.9 Å². The molecule has 1 atom stereocenters. The summed E-state index contributed by atoms with van der Waals surface area (Å²) in [6.45, 7) is 0. The minimum absolute atomic E-state index is 0.280. The molecule has 2 N–H and O–H groups in total. The van der Waals surface area contributed by atoms with E-state index < -0.39 is 6.04 Å². The highest BCUT2D eigenvalue weighted by atomic mass is 19.1. The van der Waals surface area contributed by atoms with Crippen LogP contribution in [-0.4, -0.2) is 14.8 Å². The van der Waals surface area contributed by atoms with Gasteiger partial charge in [0.15, 0.2) is 0 Å². The van der Waals surface area contributed by atoms with Crippen molar-refractivity contribution < 1.29 is 4.39 Å². The van der Waals surface area contributed by atoms with Crippen LogP contribution in [0.15, 0.2) is 42.6 Å². The summed E-state index contributed by atoms with van der Waals surface area (Å²) in [5.74, 6) is -0.375. The Morgan fingerprint density at radius 2 is 2.05 bits per heavy atom. The molecule has 2 aromatic heterocycles. The van der Waals surface area contributed by atoms with Gasteiger partial charge < -0.3 is 5.73 Å². The zero-order chi connectivity index (χ0) is 14.1. The molecule has 0 aliphatic rings. The standard InChI is InChI=1S/C15H15FN4/c1-20-14-7-3-2-5-10(14)13(19-20)9-12(17)15-11(16)6-4-8-18-15/h2-8,12H,9,17H2,1H3. The Morgan fingerprint density at radius 3 is 2.85 bits per heavy atom. The molecule has 0 amide bonds. The number of fused-ring (bicyclic) bond motifs is 1. The lowest BCUT2D eigenvalue weighted by Crippen LogP contribution is -2.17. The van der Waals surface area contributed by atoms with E-state index in [4.69, 9.17) is 5.73 Å². The number of aryl methyl sites for hydroxylation is 1. The van der Waals surface area contributed by atoms with E-state index in [2.05, 4.69) is 10.1 Å². The Bertz CT molecular complexity index is 750. The topological polar surface area (TPSA) is 56.7 Å². The van der Waals surface area contributed by atoms with E-state index in [-0.39, 0.29) is 11.5 Å². The summed E-state index contributed by atoms with van der Waals surface area (Å²) in [6.07, 6.45) is 2.00. The fourth-order valence-corrected chi connectivity index (χ4v) is 2.42. The molecule has 4 nitrogen and oxygen atoms in total. The molecule has 0 radical (unpaired) electrons. The molecule has 0 aliphatic carbocycles. The Labute approximate surface area is 116 Å². The number of hydrogen-bond donors (Lipinski definition) is 1. The number of para-hydroxylation sites is 1. The molecule has 0 saturated carbocycles. The third kappa shape index (κ3) is 2.16. The summed E-state index contributed by atoms with van der Waals surface area (Å²) in [5, 5.41) is 5.51. The van der Waals surface area contributed by atoms with E-state index >= 15 is 0 Å². The molecule has 5 heteroatoms. The van der Waals surface area contributed by atoms with Crippen molar-refractivity contribution in [3.05, 3.63) is 59.8 Å². The van der Waals surface area contributed by atoms with E-state index in [0.29, 0.717) is 6.42 Å². The minimum Gasteiger partial charge on any atom is -0.322 e. The van der Waals surface area contributed by atoms with Crippen molar-refractivity contribution in [2.24, 2.45) is 12.8 Å². The number of rotatable bonds is 3. The van der Waals surface area contributed by atoms with Gasteiger partial charge >= 0.3 is 0 Å². The van der Waals surface area contributed by atoms with E-state index in [1.165, 1.54) is 6.07 Å². The Hall–Kier alpha value is -2.27. The lowest BCUT2D eigenvalue weighted by atomic mass is 10.1. The van der Waals surface area contributed by atoms with Crippen molar-refractivity contribution >= 4 is 10.9 Å². The molecular formula is C15H15FN4. The quantitative estimate of drug-likeness (QED) is 0.794. The monoisotopic (exact) mass is 270 g/mol. The number of hydrogen-bond acceptors (Lipinski definition) is 3. The highest BCUT2D eigenvalue weighted by Gasteiger charge is 2.17. The Morgan fingerprint density at radius 1 is 1.25 bits per heavy atom. The lowest BCUT2D eigenvalue weighted by molar-refractivity contribution is 0.560. The second kappa shape index (κ2) is 5.02. The average Bonchev–Trinajstić information content (AvgIpc) is 2.76. The van der Waals surface area contributed by atoms with Gasteiger partial charge in [0, 0.05) is 25.1 Å². The number of nitrogens with zero attached hydrogens (tertiary/aromatic N) is 3. The summed E-state index contributed by atoms with van der Waals surface area (Å²) >= 11 is 0. The van der Waals surface area contributed by atoms with Crippen LogP contribution in [0.4, 0.5) is 4.39 Å². The van der Waals surface area contributed by atoms with Crippen LogP contribution in [0.1, 0.15) is 17.4 Å². The molecule has 20 heavy (non-hydrogen) atoms. The summed E-state index contributed by atoms with van der Waals surface area (Å²) in [4.78, 5) is 4.03. The fraction of sp³-hybridized carbons (Fsp3) is 0.200. The molecule has 1 aromatic carbocycles.